The highest BCUT2D eigenvalue weighted by Gasteiger charge is 2.34. The molecule has 2 aliphatic heterocycles. The van der Waals surface area contributed by atoms with Crippen LogP contribution < -0.4 is 0 Å². The van der Waals surface area contributed by atoms with Gasteiger partial charge in [-0.2, -0.15) is 0 Å². The van der Waals surface area contributed by atoms with Gasteiger partial charge in [0.05, 0.1) is 11.0 Å². The maximum atomic E-state index is 11.9. The van der Waals surface area contributed by atoms with Gasteiger partial charge in [0.2, 0.25) is 0 Å². The highest BCUT2D eigenvalue weighted by molar-refractivity contribution is 8.20. The second kappa shape index (κ2) is 5.20. The maximum absolute atomic E-state index is 11.9. The van der Waals surface area contributed by atoms with Crippen LogP contribution in [0.4, 0.5) is 0 Å². The smallest absolute Gasteiger partial charge is 0.184 e. The summed E-state index contributed by atoms with van der Waals surface area (Å²) in [4.78, 5) is 1.10. The van der Waals surface area contributed by atoms with Crippen LogP contribution in [0.3, 0.4) is 0 Å². The summed E-state index contributed by atoms with van der Waals surface area (Å²) >= 11 is 8.87. The molecular formula is C13H11ClO2S3. The summed E-state index contributed by atoms with van der Waals surface area (Å²) in [6.07, 6.45) is 2.73. The van der Waals surface area contributed by atoms with E-state index in [2.05, 4.69) is 6.08 Å². The van der Waals surface area contributed by atoms with Crippen LogP contribution in [0.15, 0.2) is 50.5 Å². The van der Waals surface area contributed by atoms with Gasteiger partial charge in [-0.05, 0) is 41.7 Å². The van der Waals surface area contributed by atoms with Gasteiger partial charge in [-0.15, -0.1) is 11.8 Å². The predicted octanol–water partition coefficient (Wildman–Crippen LogP) is 4.09. The lowest BCUT2D eigenvalue weighted by Crippen LogP contribution is -2.06. The van der Waals surface area contributed by atoms with Crippen LogP contribution in [0.5, 0.6) is 0 Å². The zero-order valence-corrected chi connectivity index (χ0v) is 13.1. The van der Waals surface area contributed by atoms with Gasteiger partial charge in [0.15, 0.2) is 9.84 Å². The Labute approximate surface area is 126 Å². The largest absolute Gasteiger partial charge is 0.223 e. The van der Waals surface area contributed by atoms with Crippen molar-refractivity contribution >= 4 is 45.0 Å². The van der Waals surface area contributed by atoms with E-state index in [0.717, 1.165) is 10.5 Å². The van der Waals surface area contributed by atoms with Gasteiger partial charge in [0.25, 0.3) is 0 Å². The quantitative estimate of drug-likeness (QED) is 0.818. The number of thioether (sulfide) groups is 2. The Morgan fingerprint density at radius 1 is 1.26 bits per heavy atom. The SMILES string of the molecule is O=S1(=O)CCC2=C1SC=CC2Sc1ccc(Cl)cc1. The number of rotatable bonds is 2. The second-order valence-electron chi connectivity index (χ2n) is 4.32. The number of hydrogen-bond acceptors (Lipinski definition) is 4. The first kappa shape index (κ1) is 13.6. The van der Waals surface area contributed by atoms with E-state index >= 15 is 0 Å². The van der Waals surface area contributed by atoms with Gasteiger partial charge in [-0.3, -0.25) is 0 Å². The Morgan fingerprint density at radius 2 is 2.00 bits per heavy atom. The number of hydrogen-bond donors (Lipinski definition) is 0. The van der Waals surface area contributed by atoms with Gasteiger partial charge in [0.1, 0.15) is 4.24 Å². The lowest BCUT2D eigenvalue weighted by Gasteiger charge is -2.18. The molecule has 0 radical (unpaired) electrons. The van der Waals surface area contributed by atoms with Crippen molar-refractivity contribution in [1.82, 2.24) is 0 Å². The third-order valence-corrected chi connectivity index (χ3v) is 7.91. The standard InChI is InChI=1S/C13H11ClO2S3/c14-9-1-3-10(4-2-9)18-12-5-7-17-13-11(12)6-8-19(13,15)16/h1-5,7,12H,6,8H2. The minimum Gasteiger partial charge on any atom is -0.223 e. The summed E-state index contributed by atoms with van der Waals surface area (Å²) in [5.74, 6) is 0.254. The molecule has 1 unspecified atom stereocenters. The second-order valence-corrected chi connectivity index (χ2v) is 9.19. The normalized spacial score (nSPS) is 24.6. The Kier molecular flexibility index (Phi) is 3.73. The van der Waals surface area contributed by atoms with Crippen LogP contribution in [0.2, 0.25) is 5.02 Å². The summed E-state index contributed by atoms with van der Waals surface area (Å²) in [5.41, 5.74) is 1.05. The van der Waals surface area contributed by atoms with Crippen molar-refractivity contribution in [2.24, 2.45) is 0 Å². The fourth-order valence-electron chi connectivity index (χ4n) is 2.11. The van der Waals surface area contributed by atoms with Crippen molar-refractivity contribution in [3.05, 3.63) is 50.6 Å². The highest BCUT2D eigenvalue weighted by Crippen LogP contribution is 2.45. The van der Waals surface area contributed by atoms with Crippen LogP contribution >= 0.6 is 35.1 Å². The van der Waals surface area contributed by atoms with E-state index in [-0.39, 0.29) is 11.0 Å². The van der Waals surface area contributed by atoms with E-state index in [1.807, 2.05) is 29.7 Å². The fraction of sp³-hybridized carbons (Fsp3) is 0.231. The molecule has 2 nitrogen and oxygen atoms in total. The minimum atomic E-state index is -3.02. The first-order valence-corrected chi connectivity index (χ1v) is 9.56. The summed E-state index contributed by atoms with van der Waals surface area (Å²) in [6, 6.07) is 7.64. The van der Waals surface area contributed by atoms with Crippen LogP contribution in [0.25, 0.3) is 0 Å². The summed E-state index contributed by atoms with van der Waals surface area (Å²) in [6.45, 7) is 0. The van der Waals surface area contributed by atoms with E-state index in [4.69, 9.17) is 11.6 Å². The molecule has 0 fully saturated rings. The van der Waals surface area contributed by atoms with Crippen LogP contribution in [0.1, 0.15) is 6.42 Å². The molecule has 0 aliphatic carbocycles. The molecule has 1 aromatic carbocycles. The highest BCUT2D eigenvalue weighted by atomic mass is 35.5. The van der Waals surface area contributed by atoms with Crippen molar-refractivity contribution in [3.8, 4) is 0 Å². The third kappa shape index (κ3) is 2.75. The first-order valence-electron chi connectivity index (χ1n) is 5.78. The Hall–Kier alpha value is -0.360. The molecule has 0 spiro atoms. The molecule has 0 N–H and O–H groups in total. The predicted molar refractivity (Wildman–Crippen MR) is 83.3 cm³/mol. The molecule has 1 aromatic rings. The summed E-state index contributed by atoms with van der Waals surface area (Å²) in [5, 5.41) is 2.71. The van der Waals surface area contributed by atoms with Crippen molar-refractivity contribution in [2.45, 2.75) is 16.6 Å². The van der Waals surface area contributed by atoms with Crippen molar-refractivity contribution in [2.75, 3.05) is 5.75 Å². The topological polar surface area (TPSA) is 34.1 Å². The van der Waals surface area contributed by atoms with Crippen LogP contribution in [0, 0.1) is 0 Å². The molecule has 0 saturated heterocycles. The van der Waals surface area contributed by atoms with Crippen molar-refractivity contribution in [3.63, 3.8) is 0 Å². The van der Waals surface area contributed by atoms with Gasteiger partial charge < -0.3 is 0 Å². The molecule has 0 bridgehead atoms. The Bertz CT molecular complexity index is 660. The maximum Gasteiger partial charge on any atom is 0.184 e. The lowest BCUT2D eigenvalue weighted by atomic mass is 10.1. The zero-order chi connectivity index (χ0) is 13.5. The lowest BCUT2D eigenvalue weighted by molar-refractivity contribution is 0.606. The van der Waals surface area contributed by atoms with E-state index in [1.165, 1.54) is 11.8 Å². The van der Waals surface area contributed by atoms with E-state index in [0.29, 0.717) is 15.7 Å². The average molecular weight is 331 g/mol. The first-order chi connectivity index (χ1) is 9.06. The zero-order valence-electron chi connectivity index (χ0n) is 9.87. The average Bonchev–Trinajstić information content (AvgIpc) is 2.70. The van der Waals surface area contributed by atoms with Crippen molar-refractivity contribution in [1.29, 1.82) is 0 Å². The van der Waals surface area contributed by atoms with E-state index < -0.39 is 9.84 Å². The van der Waals surface area contributed by atoms with Crippen molar-refractivity contribution < 1.29 is 8.42 Å². The van der Waals surface area contributed by atoms with Gasteiger partial charge in [-0.1, -0.05) is 29.4 Å². The molecule has 19 heavy (non-hydrogen) atoms. The van der Waals surface area contributed by atoms with Gasteiger partial charge >= 0.3 is 0 Å². The van der Waals surface area contributed by atoms with Crippen LogP contribution in [-0.2, 0) is 9.84 Å². The summed E-state index contributed by atoms with van der Waals surface area (Å²) < 4.78 is 24.4. The summed E-state index contributed by atoms with van der Waals surface area (Å²) in [7, 11) is -3.02. The van der Waals surface area contributed by atoms with Gasteiger partial charge in [-0.25, -0.2) is 8.42 Å². The van der Waals surface area contributed by atoms with Crippen LogP contribution in [-0.4, -0.2) is 19.4 Å². The molecule has 0 saturated carbocycles. The molecule has 2 aliphatic rings. The molecular weight excluding hydrogens is 320 g/mol. The third-order valence-electron chi connectivity index (χ3n) is 3.03. The Balaban J connectivity index is 1.87. The van der Waals surface area contributed by atoms with E-state index in [1.54, 1.807) is 11.8 Å². The molecule has 3 rings (SSSR count). The Morgan fingerprint density at radius 3 is 2.74 bits per heavy atom. The molecule has 2 heterocycles. The van der Waals surface area contributed by atoms with E-state index in [9.17, 15) is 8.42 Å². The minimum absolute atomic E-state index is 0.120. The van der Waals surface area contributed by atoms with Gasteiger partial charge in [0, 0.05) is 9.92 Å². The molecule has 100 valence electrons. The molecule has 0 amide bonds. The molecule has 6 heteroatoms. The number of benzene rings is 1. The molecule has 1 atom stereocenters. The monoisotopic (exact) mass is 330 g/mol. The number of sulfone groups is 1. The fourth-order valence-corrected chi connectivity index (χ4v) is 6.65. The number of halogens is 1. The molecule has 0 aromatic heterocycles.